The third kappa shape index (κ3) is 2.08. The van der Waals surface area contributed by atoms with Gasteiger partial charge in [-0.1, -0.05) is 25.5 Å². The summed E-state index contributed by atoms with van der Waals surface area (Å²) in [5.41, 5.74) is -7.22. The van der Waals surface area contributed by atoms with E-state index in [2.05, 4.69) is 0 Å². The number of rotatable bonds is 2. The number of aliphatic hydroxyl groups excluding tert-OH is 2. The lowest BCUT2D eigenvalue weighted by Gasteiger charge is -2.59. The standard InChI is InChI=1S/C21H28O5/c1-19-7-5-13(23)9-12(19)3-4-14-15-6-8-21(26,17(25)11-22)20(15,2)10-16(24)18(14)19/h5,7,9,14-16,18,22,24,26H,3-4,6,8,10-11H2,1-2H3/t14-,15-,16-,18+,19-,20-,21-/m0/s1/i3D2,5D,9D,10D2,14D,18D. The molecule has 0 aromatic heterocycles. The van der Waals surface area contributed by atoms with Crippen molar-refractivity contribution in [1.29, 1.82) is 0 Å². The maximum atomic E-state index is 12.6. The number of hydrogen-bond donors (Lipinski definition) is 3. The molecule has 0 aromatic carbocycles. The summed E-state index contributed by atoms with van der Waals surface area (Å²) in [6.07, 6.45) is -8.20. The fourth-order valence-electron chi connectivity index (χ4n) is 5.23. The van der Waals surface area contributed by atoms with E-state index in [1.807, 2.05) is 0 Å². The van der Waals surface area contributed by atoms with Crippen molar-refractivity contribution in [3.8, 4) is 0 Å². The minimum Gasteiger partial charge on any atom is -0.393 e. The quantitative estimate of drug-likeness (QED) is 0.688. The molecule has 5 heteroatoms. The molecule has 26 heavy (non-hydrogen) atoms. The van der Waals surface area contributed by atoms with Crippen LogP contribution in [0.5, 0.6) is 0 Å². The minimum absolute atomic E-state index is 0.162. The number of Topliss-reactive ketones (excluding diaryl/α,β-unsaturated/α-hetero) is 1. The van der Waals surface area contributed by atoms with Gasteiger partial charge >= 0.3 is 0 Å². The van der Waals surface area contributed by atoms with Crippen LogP contribution in [-0.4, -0.2) is 45.2 Å². The van der Waals surface area contributed by atoms with Gasteiger partial charge in [0.25, 0.3) is 0 Å². The van der Waals surface area contributed by atoms with Gasteiger partial charge in [-0.2, -0.15) is 0 Å². The second-order valence-electron chi connectivity index (χ2n) is 7.89. The molecule has 4 aliphatic carbocycles. The molecule has 0 unspecified atom stereocenters. The van der Waals surface area contributed by atoms with Gasteiger partial charge in [-0.3, -0.25) is 9.59 Å². The average Bonchev–Trinajstić information content (AvgIpc) is 3.02. The number of carbonyl (C=O) groups is 2. The molecule has 7 atom stereocenters. The van der Waals surface area contributed by atoms with Crippen LogP contribution in [-0.2, 0) is 9.59 Å². The zero-order valence-electron chi connectivity index (χ0n) is 22.7. The van der Waals surface area contributed by atoms with Gasteiger partial charge in [0, 0.05) is 24.9 Å². The summed E-state index contributed by atoms with van der Waals surface area (Å²) in [6, 6.07) is -1.57. The average molecular weight is 368 g/mol. The molecule has 4 aliphatic rings. The van der Waals surface area contributed by atoms with Crippen LogP contribution >= 0.6 is 0 Å². The van der Waals surface area contributed by atoms with Crippen molar-refractivity contribution in [2.24, 2.45) is 28.5 Å². The Hall–Kier alpha value is -1.30. The van der Waals surface area contributed by atoms with E-state index in [4.69, 9.17) is 8.22 Å². The molecular formula is C21H28O5. The van der Waals surface area contributed by atoms with Crippen LogP contribution < -0.4 is 0 Å². The number of fused-ring (bicyclic) bond motifs is 5. The Labute approximate surface area is 165 Å². The first-order valence-electron chi connectivity index (χ1n) is 12.8. The van der Waals surface area contributed by atoms with E-state index in [0.29, 0.717) is 0 Å². The highest BCUT2D eigenvalue weighted by Gasteiger charge is 2.67. The molecule has 0 saturated heterocycles. The van der Waals surface area contributed by atoms with E-state index in [9.17, 15) is 27.7 Å². The van der Waals surface area contributed by atoms with Crippen LogP contribution in [0.15, 0.2) is 23.8 Å². The van der Waals surface area contributed by atoms with Crippen molar-refractivity contribution in [2.45, 2.75) is 57.6 Å². The fraction of sp³-hybridized carbons (Fsp3) is 0.714. The Kier molecular flexibility index (Phi) is 2.34. The Bertz CT molecular complexity index is 1070. The van der Waals surface area contributed by atoms with Crippen LogP contribution in [0.1, 0.15) is 56.8 Å². The molecule has 0 heterocycles. The van der Waals surface area contributed by atoms with Crippen LogP contribution in [0.3, 0.4) is 0 Å². The molecular weight excluding hydrogens is 332 g/mol. The summed E-state index contributed by atoms with van der Waals surface area (Å²) in [4.78, 5) is 25.0. The summed E-state index contributed by atoms with van der Waals surface area (Å²) < 4.78 is 70.4. The SMILES string of the molecule is [2H]C1=C[C@@]2(C)C(=C([2H])C1=O)C([2H])([2H])C[C@@]1([2H])[C@@H]3CC[C@](O)(C(=O)CO)[C@@]3(C)C([2H])([2H])[C@H](O)[C@]21[2H]. The number of aliphatic hydroxyl groups is 3. The molecule has 142 valence electrons. The first-order valence-corrected chi connectivity index (χ1v) is 8.76. The monoisotopic (exact) mass is 368 g/mol. The van der Waals surface area contributed by atoms with Crippen LogP contribution in [0.2, 0.25) is 0 Å². The normalized spacial score (nSPS) is 64.7. The molecule has 0 aromatic rings. The number of carbonyl (C=O) groups excluding carboxylic acids is 2. The second-order valence-corrected chi connectivity index (χ2v) is 7.89. The number of allylic oxidation sites excluding steroid dienone is 4. The van der Waals surface area contributed by atoms with Crippen molar-refractivity contribution in [2.75, 3.05) is 6.61 Å². The van der Waals surface area contributed by atoms with E-state index < -0.39 is 95.3 Å². The molecule has 0 radical (unpaired) electrons. The highest BCUT2D eigenvalue weighted by molar-refractivity contribution is 6.01. The number of hydrogen-bond acceptors (Lipinski definition) is 5. The maximum Gasteiger partial charge on any atom is 0.190 e. The maximum absolute atomic E-state index is 12.6. The number of ketones is 2. The van der Waals surface area contributed by atoms with E-state index >= 15 is 0 Å². The molecule has 3 fully saturated rings. The first-order chi connectivity index (χ1) is 15.3. The van der Waals surface area contributed by atoms with Crippen LogP contribution in [0.25, 0.3) is 0 Å². The lowest BCUT2D eigenvalue weighted by Crippen LogP contribution is -2.61. The third-order valence-corrected chi connectivity index (χ3v) is 6.70. The largest absolute Gasteiger partial charge is 0.393 e. The zero-order valence-corrected chi connectivity index (χ0v) is 14.7. The van der Waals surface area contributed by atoms with Gasteiger partial charge in [0.1, 0.15) is 12.2 Å². The summed E-state index contributed by atoms with van der Waals surface area (Å²) in [7, 11) is 0. The second kappa shape index (κ2) is 5.60. The molecule has 0 amide bonds. The van der Waals surface area contributed by atoms with Gasteiger partial charge in [-0.05, 0) is 55.9 Å². The predicted molar refractivity (Wildman–Crippen MR) is 95.0 cm³/mol. The highest BCUT2D eigenvalue weighted by Crippen LogP contribution is 2.67. The Morgan fingerprint density at radius 3 is 2.88 bits per heavy atom. The topological polar surface area (TPSA) is 94.8 Å². The lowest BCUT2D eigenvalue weighted by atomic mass is 9.46. The first kappa shape index (κ1) is 10.9. The Balaban J connectivity index is 2.09. The van der Waals surface area contributed by atoms with Crippen molar-refractivity contribution < 1.29 is 35.9 Å². The summed E-state index contributed by atoms with van der Waals surface area (Å²) in [5.74, 6) is -8.39. The smallest absolute Gasteiger partial charge is 0.190 e. The summed E-state index contributed by atoms with van der Waals surface area (Å²) in [6.45, 7) is 1.31. The van der Waals surface area contributed by atoms with Gasteiger partial charge < -0.3 is 15.3 Å². The molecule has 0 bridgehead atoms. The molecule has 0 spiro atoms. The molecule has 4 rings (SSSR count). The van der Waals surface area contributed by atoms with E-state index in [0.717, 1.165) is 6.08 Å². The van der Waals surface area contributed by atoms with Crippen LogP contribution in [0, 0.1) is 28.5 Å². The lowest BCUT2D eigenvalue weighted by molar-refractivity contribution is -0.178. The summed E-state index contributed by atoms with van der Waals surface area (Å²) in [5, 5.41) is 32.4. The summed E-state index contributed by atoms with van der Waals surface area (Å²) >= 11 is 0. The Morgan fingerprint density at radius 1 is 1.46 bits per heavy atom. The highest BCUT2D eigenvalue weighted by atomic mass is 16.3. The zero-order chi connectivity index (χ0) is 26.1. The van der Waals surface area contributed by atoms with Gasteiger partial charge in [0.2, 0.25) is 0 Å². The molecule has 3 saturated carbocycles. The fourth-order valence-corrected chi connectivity index (χ4v) is 5.23. The van der Waals surface area contributed by atoms with Crippen molar-refractivity contribution in [3.63, 3.8) is 0 Å². The molecule has 0 aliphatic heterocycles. The van der Waals surface area contributed by atoms with Crippen LogP contribution in [0.4, 0.5) is 0 Å². The van der Waals surface area contributed by atoms with Crippen molar-refractivity contribution >= 4 is 11.6 Å². The van der Waals surface area contributed by atoms with Gasteiger partial charge in [-0.25, -0.2) is 0 Å². The van der Waals surface area contributed by atoms with Gasteiger partial charge in [0.05, 0.1) is 8.85 Å². The van der Waals surface area contributed by atoms with E-state index in [1.54, 1.807) is 0 Å². The predicted octanol–water partition coefficient (Wildman–Crippen LogP) is 1.56. The van der Waals surface area contributed by atoms with Crippen molar-refractivity contribution in [1.82, 2.24) is 0 Å². The van der Waals surface area contributed by atoms with Crippen molar-refractivity contribution in [3.05, 3.63) is 23.8 Å². The Morgan fingerprint density at radius 2 is 2.19 bits per heavy atom. The molecule has 5 nitrogen and oxygen atoms in total. The minimum atomic E-state index is -2.89. The van der Waals surface area contributed by atoms with E-state index in [1.165, 1.54) is 13.8 Å². The van der Waals surface area contributed by atoms with E-state index in [-0.39, 0.29) is 12.8 Å². The van der Waals surface area contributed by atoms with Gasteiger partial charge in [-0.15, -0.1) is 0 Å². The molecule has 3 N–H and O–H groups in total. The van der Waals surface area contributed by atoms with Gasteiger partial charge in [0.15, 0.2) is 11.6 Å². The third-order valence-electron chi connectivity index (χ3n) is 6.70.